The van der Waals surface area contributed by atoms with E-state index >= 15 is 0 Å². The third kappa shape index (κ3) is 6.37. The second-order valence-corrected chi connectivity index (χ2v) is 9.77. The molecule has 2 atom stereocenters. The summed E-state index contributed by atoms with van der Waals surface area (Å²) in [6.45, 7) is 1.07. The SMILES string of the molecule is COc1ccc(O)c(C(=O)c2ccc(C(=O)O[C@@H]3CCCNC[C@H]3NC(=O)c3ccc(O)c(Br)c3)cc2)c1F. The van der Waals surface area contributed by atoms with Crippen molar-refractivity contribution in [3.63, 3.8) is 0 Å². The van der Waals surface area contributed by atoms with Crippen LogP contribution < -0.4 is 15.4 Å². The summed E-state index contributed by atoms with van der Waals surface area (Å²) in [5.41, 5.74) is 0.00661. The van der Waals surface area contributed by atoms with Crippen LogP contribution in [-0.2, 0) is 4.74 Å². The summed E-state index contributed by atoms with van der Waals surface area (Å²) in [6.07, 6.45) is 0.604. The van der Waals surface area contributed by atoms with Gasteiger partial charge in [-0.1, -0.05) is 12.1 Å². The molecule has 4 N–H and O–H groups in total. The smallest absolute Gasteiger partial charge is 0.338 e. The van der Waals surface area contributed by atoms with Crippen molar-refractivity contribution in [3.05, 3.63) is 87.1 Å². The molecule has 9 nitrogen and oxygen atoms in total. The van der Waals surface area contributed by atoms with E-state index in [1.165, 1.54) is 55.6 Å². The lowest BCUT2D eigenvalue weighted by atomic mass is 10.00. The van der Waals surface area contributed by atoms with E-state index in [9.17, 15) is 29.0 Å². The first-order valence-electron chi connectivity index (χ1n) is 12.1. The van der Waals surface area contributed by atoms with Crippen LogP contribution in [0.3, 0.4) is 0 Å². The summed E-state index contributed by atoms with van der Waals surface area (Å²) in [6, 6.07) is 11.7. The van der Waals surface area contributed by atoms with Crippen LogP contribution in [0.1, 0.15) is 49.5 Å². The Balaban J connectivity index is 1.47. The highest BCUT2D eigenvalue weighted by Gasteiger charge is 2.29. The Morgan fingerprint density at radius 3 is 2.36 bits per heavy atom. The third-order valence-electron chi connectivity index (χ3n) is 6.35. The summed E-state index contributed by atoms with van der Waals surface area (Å²) >= 11 is 3.19. The van der Waals surface area contributed by atoms with E-state index in [-0.39, 0.29) is 28.5 Å². The fourth-order valence-corrected chi connectivity index (χ4v) is 4.61. The van der Waals surface area contributed by atoms with E-state index in [0.717, 1.165) is 12.5 Å². The number of ether oxygens (including phenoxy) is 2. The number of nitrogens with one attached hydrogen (secondary N) is 2. The first-order chi connectivity index (χ1) is 18.7. The predicted octanol–water partition coefficient (Wildman–Crippen LogP) is 3.95. The minimum Gasteiger partial charge on any atom is -0.507 e. The summed E-state index contributed by atoms with van der Waals surface area (Å²) in [4.78, 5) is 38.7. The van der Waals surface area contributed by atoms with Gasteiger partial charge in [-0.3, -0.25) is 9.59 Å². The van der Waals surface area contributed by atoms with Gasteiger partial charge >= 0.3 is 5.97 Å². The van der Waals surface area contributed by atoms with Crippen LogP contribution in [0.2, 0.25) is 0 Å². The minimum atomic E-state index is -0.985. The van der Waals surface area contributed by atoms with E-state index in [4.69, 9.17) is 9.47 Å². The van der Waals surface area contributed by atoms with Crippen LogP contribution in [0.5, 0.6) is 17.2 Å². The summed E-state index contributed by atoms with van der Waals surface area (Å²) in [7, 11) is 1.25. The Morgan fingerprint density at radius 2 is 1.67 bits per heavy atom. The molecule has 11 heteroatoms. The average Bonchev–Trinajstić information content (AvgIpc) is 3.15. The largest absolute Gasteiger partial charge is 0.507 e. The molecule has 1 amide bonds. The number of rotatable bonds is 7. The minimum absolute atomic E-state index is 0.00707. The topological polar surface area (TPSA) is 134 Å². The number of aromatic hydroxyl groups is 2. The number of methoxy groups -OCH3 is 1. The molecule has 1 saturated heterocycles. The maximum Gasteiger partial charge on any atom is 0.338 e. The normalized spacial score (nSPS) is 17.1. The highest BCUT2D eigenvalue weighted by Crippen LogP contribution is 2.30. The first-order valence-corrected chi connectivity index (χ1v) is 12.9. The van der Waals surface area contributed by atoms with Crippen molar-refractivity contribution in [2.45, 2.75) is 25.0 Å². The van der Waals surface area contributed by atoms with Gasteiger partial charge in [0.05, 0.1) is 23.2 Å². The molecule has 1 fully saturated rings. The van der Waals surface area contributed by atoms with Gasteiger partial charge in [-0.05, 0) is 77.8 Å². The molecule has 0 aliphatic carbocycles. The molecule has 0 saturated carbocycles. The second-order valence-electron chi connectivity index (χ2n) is 8.92. The number of esters is 1. The van der Waals surface area contributed by atoms with Crippen molar-refractivity contribution in [2.75, 3.05) is 20.2 Å². The number of carbonyl (C=O) groups excluding carboxylic acids is 3. The number of ketones is 1. The Morgan fingerprint density at radius 1 is 1.00 bits per heavy atom. The van der Waals surface area contributed by atoms with E-state index in [0.29, 0.717) is 29.5 Å². The molecule has 3 aromatic rings. The highest BCUT2D eigenvalue weighted by atomic mass is 79.9. The van der Waals surface area contributed by atoms with E-state index in [2.05, 4.69) is 26.6 Å². The molecule has 204 valence electrons. The monoisotopic (exact) mass is 600 g/mol. The fraction of sp³-hybridized carbons (Fsp3) is 0.250. The van der Waals surface area contributed by atoms with Crippen molar-refractivity contribution >= 4 is 33.6 Å². The first kappa shape index (κ1) is 28.1. The van der Waals surface area contributed by atoms with Crippen molar-refractivity contribution in [3.8, 4) is 17.2 Å². The standard InChI is InChI=1S/C28H26BrFN2O7/c1-38-23-11-10-21(34)24(25(23)30)26(35)15-4-6-16(7-5-15)28(37)39-22-3-2-12-31-14-19(22)32-27(36)17-8-9-20(33)18(29)13-17/h4-11,13,19,22,31,33-34H,2-3,12,14H2,1H3,(H,32,36)/t19-,22-/m1/s1. The number of phenolic OH excluding ortho intramolecular Hbond substituents is 2. The van der Waals surface area contributed by atoms with Gasteiger partial charge in [-0.15, -0.1) is 0 Å². The lowest BCUT2D eigenvalue weighted by Crippen LogP contribution is -2.49. The van der Waals surface area contributed by atoms with Gasteiger partial charge in [0, 0.05) is 17.7 Å². The second kappa shape index (κ2) is 12.3. The molecule has 1 aliphatic heterocycles. The van der Waals surface area contributed by atoms with Crippen LogP contribution in [0.4, 0.5) is 4.39 Å². The molecule has 0 unspecified atom stereocenters. The molecular weight excluding hydrogens is 575 g/mol. The predicted molar refractivity (Wildman–Crippen MR) is 143 cm³/mol. The molecule has 1 heterocycles. The number of amides is 1. The third-order valence-corrected chi connectivity index (χ3v) is 6.99. The van der Waals surface area contributed by atoms with Crippen molar-refractivity contribution < 1.29 is 38.5 Å². The molecule has 0 aromatic heterocycles. The average molecular weight is 601 g/mol. The Labute approximate surface area is 232 Å². The van der Waals surface area contributed by atoms with Crippen LogP contribution in [0.25, 0.3) is 0 Å². The number of benzene rings is 3. The van der Waals surface area contributed by atoms with Gasteiger partial charge in [-0.2, -0.15) is 0 Å². The summed E-state index contributed by atoms with van der Waals surface area (Å²) < 4.78 is 25.6. The van der Waals surface area contributed by atoms with Crippen LogP contribution >= 0.6 is 15.9 Å². The molecule has 0 bridgehead atoms. The van der Waals surface area contributed by atoms with Gasteiger partial charge in [0.25, 0.3) is 5.91 Å². The maximum atomic E-state index is 14.6. The van der Waals surface area contributed by atoms with E-state index in [1.54, 1.807) is 0 Å². The number of carbonyl (C=O) groups is 3. The number of hydrogen-bond acceptors (Lipinski definition) is 8. The van der Waals surface area contributed by atoms with Gasteiger partial charge in [-0.25, -0.2) is 9.18 Å². The molecule has 0 spiro atoms. The quantitative estimate of drug-likeness (QED) is 0.237. The Kier molecular flexibility index (Phi) is 8.82. The van der Waals surface area contributed by atoms with Crippen LogP contribution in [0.15, 0.2) is 59.1 Å². The Bertz CT molecular complexity index is 1400. The van der Waals surface area contributed by atoms with Crippen molar-refractivity contribution in [1.82, 2.24) is 10.6 Å². The molecule has 3 aromatic carbocycles. The Hall–Kier alpha value is -3.96. The zero-order chi connectivity index (χ0) is 28.1. The van der Waals surface area contributed by atoms with Crippen LogP contribution in [-0.4, -0.2) is 60.2 Å². The van der Waals surface area contributed by atoms with Crippen LogP contribution in [0, 0.1) is 5.82 Å². The number of hydrogen-bond donors (Lipinski definition) is 4. The zero-order valence-electron chi connectivity index (χ0n) is 20.9. The van der Waals surface area contributed by atoms with Gasteiger partial charge in [0.1, 0.15) is 23.2 Å². The van der Waals surface area contributed by atoms with Crippen molar-refractivity contribution in [2.24, 2.45) is 0 Å². The molecular formula is C28H26BrFN2O7. The summed E-state index contributed by atoms with van der Waals surface area (Å²) in [5.74, 6) is -3.51. The van der Waals surface area contributed by atoms with E-state index < -0.39 is 41.0 Å². The van der Waals surface area contributed by atoms with Gasteiger partial charge in [0.2, 0.25) is 0 Å². The zero-order valence-corrected chi connectivity index (χ0v) is 22.5. The maximum absolute atomic E-state index is 14.6. The van der Waals surface area contributed by atoms with Crippen molar-refractivity contribution in [1.29, 1.82) is 0 Å². The summed E-state index contributed by atoms with van der Waals surface area (Å²) in [5, 5.41) is 25.8. The van der Waals surface area contributed by atoms with Gasteiger partial charge in [0.15, 0.2) is 17.3 Å². The molecule has 39 heavy (non-hydrogen) atoms. The fourth-order valence-electron chi connectivity index (χ4n) is 4.23. The van der Waals surface area contributed by atoms with E-state index in [1.807, 2.05) is 0 Å². The van der Waals surface area contributed by atoms with Gasteiger partial charge < -0.3 is 30.3 Å². The molecule has 4 rings (SSSR count). The highest BCUT2D eigenvalue weighted by molar-refractivity contribution is 9.10. The lowest BCUT2D eigenvalue weighted by molar-refractivity contribution is 0.0192. The molecule has 0 radical (unpaired) electrons. The lowest BCUT2D eigenvalue weighted by Gasteiger charge is -2.26. The number of halogens is 2. The number of phenols is 2. The molecule has 1 aliphatic rings.